The Morgan fingerprint density at radius 3 is 2.50 bits per heavy atom. The van der Waals surface area contributed by atoms with Gasteiger partial charge in [-0.3, -0.25) is 5.43 Å². The Bertz CT molecular complexity index is 1280. The summed E-state index contributed by atoms with van der Waals surface area (Å²) in [5.74, 6) is 1.03. The predicted molar refractivity (Wildman–Crippen MR) is 167 cm³/mol. The van der Waals surface area contributed by atoms with Gasteiger partial charge in [0.2, 0.25) is 0 Å². The topological polar surface area (TPSA) is 140 Å². The number of rotatable bonds is 12. The maximum absolute atomic E-state index is 12.4. The van der Waals surface area contributed by atoms with E-state index >= 15 is 0 Å². The summed E-state index contributed by atoms with van der Waals surface area (Å²) < 4.78 is 24.2. The lowest BCUT2D eigenvalue weighted by Crippen LogP contribution is -2.45. The third-order valence-corrected chi connectivity index (χ3v) is 7.09. The Balaban J connectivity index is 1.68. The zero-order chi connectivity index (χ0) is 29.4. The van der Waals surface area contributed by atoms with Gasteiger partial charge in [-0.05, 0) is 108 Å². The highest BCUT2D eigenvalue weighted by molar-refractivity contribution is 14.1. The summed E-state index contributed by atoms with van der Waals surface area (Å²) in [7, 11) is 1.28. The van der Waals surface area contributed by atoms with Gasteiger partial charge in [-0.25, -0.2) is 9.59 Å². The zero-order valence-corrected chi connectivity index (χ0v) is 27.0. The van der Waals surface area contributed by atoms with E-state index in [0.29, 0.717) is 29.4 Å². The minimum absolute atomic E-state index is 0.0709. The average Bonchev–Trinajstić information content (AvgIpc) is 2.89. The summed E-state index contributed by atoms with van der Waals surface area (Å²) in [6.45, 7) is 7.64. The van der Waals surface area contributed by atoms with Crippen LogP contribution in [0.15, 0.2) is 46.7 Å². The lowest BCUT2D eigenvalue weighted by molar-refractivity contribution is -0.136. The normalized spacial score (nSPS) is 15.9. The van der Waals surface area contributed by atoms with Crippen LogP contribution in [0.2, 0.25) is 0 Å². The first-order chi connectivity index (χ1) is 19.0. The number of aliphatic hydroxyl groups excluding tert-OH is 1. The third kappa shape index (κ3) is 8.36. The van der Waals surface area contributed by atoms with E-state index in [1.807, 2.05) is 32.9 Å². The predicted octanol–water partition coefficient (Wildman–Crippen LogP) is 4.20. The van der Waals surface area contributed by atoms with Gasteiger partial charge in [0.25, 0.3) is 0 Å². The van der Waals surface area contributed by atoms with Crippen molar-refractivity contribution in [1.29, 1.82) is 0 Å². The number of nitrogens with one attached hydrogen (secondary N) is 3. The third-order valence-electron chi connectivity index (χ3n) is 5.48. The van der Waals surface area contributed by atoms with Crippen molar-refractivity contribution >= 4 is 63.4 Å². The molecule has 216 valence electrons. The molecule has 1 aliphatic heterocycles. The molecule has 2 aromatic carbocycles. The molecule has 0 spiro atoms. The number of amides is 2. The highest BCUT2D eigenvalue weighted by Gasteiger charge is 2.32. The first-order valence-electron chi connectivity index (χ1n) is 12.4. The fraction of sp³-hybridized carbons (Fsp3) is 0.370. The summed E-state index contributed by atoms with van der Waals surface area (Å²) >= 11 is 4.44. The van der Waals surface area contributed by atoms with Crippen LogP contribution in [0, 0.1) is 7.14 Å². The number of hydrogen-bond acceptors (Lipinski definition) is 9. The van der Waals surface area contributed by atoms with E-state index in [2.05, 4.69) is 66.3 Å². The van der Waals surface area contributed by atoms with Crippen LogP contribution in [0.5, 0.6) is 17.2 Å². The van der Waals surface area contributed by atoms with Crippen LogP contribution in [0.1, 0.15) is 44.9 Å². The Morgan fingerprint density at radius 1 is 1.18 bits per heavy atom. The van der Waals surface area contributed by atoms with Gasteiger partial charge < -0.3 is 34.7 Å². The van der Waals surface area contributed by atoms with Crippen molar-refractivity contribution in [1.82, 2.24) is 16.1 Å². The number of carbonyl (C=O) groups is 2. The highest BCUT2D eigenvalue weighted by Crippen LogP contribution is 2.35. The molecule has 2 atom stereocenters. The minimum Gasteiger partial charge on any atom is -0.490 e. The zero-order valence-electron chi connectivity index (χ0n) is 22.7. The number of halogens is 2. The summed E-state index contributed by atoms with van der Waals surface area (Å²) in [5, 5.41) is 19.8. The standard InChI is InChI=1S/C27H32I2N4O7/c1-6-38-21-11-17(24-23(26(35)37-5)15(4)31-27(36)32-24)7-8-20(21)39-13-22(34)33-30-12-16-9-18(28)25(19(29)10-16)40-14(2)3/h7-12,14,22,24,33-34H,6,13H2,1-5H3,(H2,31,32,36)/b30-12+/t22-,24-/m0/s1. The average molecular weight is 778 g/mol. The molecule has 0 radical (unpaired) electrons. The van der Waals surface area contributed by atoms with Gasteiger partial charge in [0, 0.05) is 5.70 Å². The molecule has 11 nitrogen and oxygen atoms in total. The Morgan fingerprint density at radius 2 is 1.88 bits per heavy atom. The molecule has 0 fully saturated rings. The van der Waals surface area contributed by atoms with Crippen molar-refractivity contribution in [2.45, 2.75) is 46.1 Å². The van der Waals surface area contributed by atoms with Gasteiger partial charge >= 0.3 is 12.0 Å². The van der Waals surface area contributed by atoms with Gasteiger partial charge in [0.1, 0.15) is 12.4 Å². The van der Waals surface area contributed by atoms with Gasteiger partial charge in [0.15, 0.2) is 17.7 Å². The molecule has 0 bridgehead atoms. The first kappa shape index (κ1) is 31.7. The number of carbonyl (C=O) groups excluding carboxylic acids is 2. The van der Waals surface area contributed by atoms with Crippen molar-refractivity contribution in [2.75, 3.05) is 20.3 Å². The van der Waals surface area contributed by atoms with E-state index in [1.165, 1.54) is 7.11 Å². The van der Waals surface area contributed by atoms with E-state index in [-0.39, 0.29) is 18.3 Å². The molecule has 1 heterocycles. The van der Waals surface area contributed by atoms with Crippen LogP contribution < -0.4 is 30.3 Å². The Labute approximate surface area is 260 Å². The number of hydrogen-bond donors (Lipinski definition) is 4. The van der Waals surface area contributed by atoms with Crippen LogP contribution >= 0.6 is 45.2 Å². The largest absolute Gasteiger partial charge is 0.490 e. The molecule has 2 amide bonds. The number of esters is 1. The second-order valence-electron chi connectivity index (χ2n) is 8.90. The van der Waals surface area contributed by atoms with Crippen molar-refractivity contribution in [3.63, 3.8) is 0 Å². The maximum Gasteiger partial charge on any atom is 0.337 e. The second kappa shape index (κ2) is 14.7. The SMILES string of the molecule is CCOc1cc([C@@H]2NC(=O)NC(C)=C2C(=O)OC)ccc1OC[C@H](O)N/N=C/c1cc(I)c(OC(C)C)c(I)c1. The van der Waals surface area contributed by atoms with E-state index in [9.17, 15) is 14.7 Å². The van der Waals surface area contributed by atoms with E-state index in [0.717, 1.165) is 18.5 Å². The number of ether oxygens (including phenoxy) is 4. The van der Waals surface area contributed by atoms with Crippen LogP contribution in [0.25, 0.3) is 0 Å². The molecule has 3 rings (SSSR count). The number of allylic oxidation sites excluding steroid dienone is 1. The molecular formula is C27H32I2N4O7. The van der Waals surface area contributed by atoms with Crippen LogP contribution in [-0.2, 0) is 9.53 Å². The number of benzene rings is 2. The van der Waals surface area contributed by atoms with Crippen molar-refractivity contribution in [3.8, 4) is 17.2 Å². The number of urea groups is 1. The van der Waals surface area contributed by atoms with Gasteiger partial charge in [-0.15, -0.1) is 0 Å². The first-order valence-corrected chi connectivity index (χ1v) is 14.6. The Hall–Kier alpha value is -2.79. The summed E-state index contributed by atoms with van der Waals surface area (Å²) in [6, 6.07) is 7.74. The molecule has 0 saturated heterocycles. The molecule has 0 aromatic heterocycles. The number of methoxy groups -OCH3 is 1. The molecule has 4 N–H and O–H groups in total. The fourth-order valence-electron chi connectivity index (χ4n) is 3.82. The molecule has 0 aliphatic carbocycles. The van der Waals surface area contributed by atoms with Crippen LogP contribution in [0.4, 0.5) is 4.79 Å². The quantitative estimate of drug-likeness (QED) is 0.0828. The number of nitrogens with zero attached hydrogens (tertiary/aromatic N) is 1. The maximum atomic E-state index is 12.4. The van der Waals surface area contributed by atoms with E-state index < -0.39 is 24.3 Å². The summed E-state index contributed by atoms with van der Waals surface area (Å²) in [5.41, 5.74) is 4.78. The lowest BCUT2D eigenvalue weighted by Gasteiger charge is -2.28. The molecule has 2 aromatic rings. The fourth-order valence-corrected chi connectivity index (χ4v) is 5.89. The summed E-state index contributed by atoms with van der Waals surface area (Å²) in [4.78, 5) is 24.5. The van der Waals surface area contributed by atoms with Crippen LogP contribution in [-0.4, -0.2) is 56.0 Å². The van der Waals surface area contributed by atoms with Crippen LogP contribution in [0.3, 0.4) is 0 Å². The van der Waals surface area contributed by atoms with Crippen molar-refractivity contribution in [2.24, 2.45) is 5.10 Å². The smallest absolute Gasteiger partial charge is 0.337 e. The van der Waals surface area contributed by atoms with Crippen molar-refractivity contribution < 1.29 is 33.6 Å². The van der Waals surface area contributed by atoms with Gasteiger partial charge in [-0.1, -0.05) is 6.07 Å². The van der Waals surface area contributed by atoms with Gasteiger partial charge in [-0.2, -0.15) is 5.10 Å². The number of aliphatic hydroxyl groups is 1. The minimum atomic E-state index is -1.10. The second-order valence-corrected chi connectivity index (χ2v) is 11.2. The monoisotopic (exact) mass is 778 g/mol. The summed E-state index contributed by atoms with van der Waals surface area (Å²) in [6.07, 6.45) is 0.573. The lowest BCUT2D eigenvalue weighted by atomic mass is 9.95. The Kier molecular flexibility index (Phi) is 11.7. The van der Waals surface area contributed by atoms with Crippen molar-refractivity contribution in [3.05, 3.63) is 59.9 Å². The molecule has 0 unspecified atom stereocenters. The molecule has 0 saturated carbocycles. The highest BCUT2D eigenvalue weighted by atomic mass is 127. The van der Waals surface area contributed by atoms with E-state index in [1.54, 1.807) is 31.3 Å². The molecule has 1 aliphatic rings. The molecule has 13 heteroatoms. The van der Waals surface area contributed by atoms with Gasteiger partial charge in [0.05, 0.1) is 44.8 Å². The number of hydrazone groups is 1. The van der Waals surface area contributed by atoms with E-state index in [4.69, 9.17) is 18.9 Å². The molecule has 40 heavy (non-hydrogen) atoms. The molecular weight excluding hydrogens is 746 g/mol.